The van der Waals surface area contributed by atoms with Crippen LogP contribution in [0.4, 0.5) is 19.0 Å². The second-order valence-electron chi connectivity index (χ2n) is 4.74. The van der Waals surface area contributed by atoms with E-state index in [2.05, 4.69) is 9.97 Å². The fourth-order valence-corrected chi connectivity index (χ4v) is 2.17. The normalized spacial score (nSPS) is 24.1. The van der Waals surface area contributed by atoms with Crippen LogP contribution in [0.1, 0.15) is 25.0 Å². The first-order valence-electron chi connectivity index (χ1n) is 6.12. The van der Waals surface area contributed by atoms with Crippen molar-refractivity contribution in [2.24, 2.45) is 0 Å². The largest absolute Gasteiger partial charge is 0.417 e. The molecule has 1 fully saturated rings. The van der Waals surface area contributed by atoms with Crippen LogP contribution in [-0.2, 0) is 0 Å². The predicted molar refractivity (Wildman–Crippen MR) is 63.8 cm³/mol. The molecule has 0 amide bonds. The maximum atomic E-state index is 12.8. The highest BCUT2D eigenvalue weighted by Gasteiger charge is 2.53. The van der Waals surface area contributed by atoms with Gasteiger partial charge in [0.1, 0.15) is 11.9 Å². The number of nitriles is 1. The van der Waals surface area contributed by atoms with E-state index in [-0.39, 0.29) is 25.1 Å². The van der Waals surface area contributed by atoms with E-state index in [4.69, 9.17) is 5.26 Å². The van der Waals surface area contributed by atoms with Crippen LogP contribution in [0.2, 0.25) is 0 Å². The summed E-state index contributed by atoms with van der Waals surface area (Å²) in [5.41, 5.74) is -2.49. The van der Waals surface area contributed by atoms with Gasteiger partial charge in [-0.05, 0) is 12.8 Å². The van der Waals surface area contributed by atoms with Crippen LogP contribution in [0.5, 0.6) is 0 Å². The Morgan fingerprint density at radius 3 is 2.55 bits per heavy atom. The third-order valence-electron chi connectivity index (χ3n) is 3.42. The van der Waals surface area contributed by atoms with E-state index in [9.17, 15) is 18.3 Å². The topological polar surface area (TPSA) is 73.0 Å². The van der Waals surface area contributed by atoms with Crippen LogP contribution in [0, 0.1) is 11.3 Å². The maximum absolute atomic E-state index is 12.8. The lowest BCUT2D eigenvalue weighted by Gasteiger charge is -2.29. The molecule has 5 nitrogen and oxygen atoms in total. The number of anilines is 1. The zero-order valence-electron chi connectivity index (χ0n) is 10.6. The van der Waals surface area contributed by atoms with Gasteiger partial charge in [0, 0.05) is 19.5 Å². The summed E-state index contributed by atoms with van der Waals surface area (Å²) in [6.45, 7) is 0.398. The summed E-state index contributed by atoms with van der Waals surface area (Å²) in [6, 6.07) is 1.82. The molecule has 1 atom stereocenters. The van der Waals surface area contributed by atoms with Crippen molar-refractivity contribution in [1.82, 2.24) is 9.97 Å². The number of halogens is 3. The average molecular weight is 286 g/mol. The molecule has 2 rings (SSSR count). The van der Waals surface area contributed by atoms with Crippen molar-refractivity contribution in [3.8, 4) is 6.07 Å². The molecule has 0 aromatic carbocycles. The number of aliphatic hydroxyl groups is 1. The van der Waals surface area contributed by atoms with Crippen molar-refractivity contribution < 1.29 is 18.3 Å². The number of hydrogen-bond acceptors (Lipinski definition) is 5. The van der Waals surface area contributed by atoms with Gasteiger partial charge < -0.3 is 10.0 Å². The van der Waals surface area contributed by atoms with Crippen molar-refractivity contribution >= 4 is 5.82 Å². The minimum atomic E-state index is -4.63. The number of hydrogen-bond donors (Lipinski definition) is 1. The first-order chi connectivity index (χ1) is 9.36. The summed E-state index contributed by atoms with van der Waals surface area (Å²) >= 11 is 0. The van der Waals surface area contributed by atoms with Gasteiger partial charge in [0.15, 0.2) is 11.3 Å². The van der Waals surface area contributed by atoms with E-state index in [1.807, 2.05) is 6.07 Å². The van der Waals surface area contributed by atoms with E-state index in [1.165, 1.54) is 12.4 Å². The van der Waals surface area contributed by atoms with Gasteiger partial charge in [-0.15, -0.1) is 0 Å². The zero-order valence-corrected chi connectivity index (χ0v) is 10.6. The Bertz CT molecular complexity index is 511. The van der Waals surface area contributed by atoms with E-state index in [1.54, 1.807) is 4.90 Å². The summed E-state index contributed by atoms with van der Waals surface area (Å²) in [6.07, 6.45) is -2.52. The molecule has 1 saturated heterocycles. The summed E-state index contributed by atoms with van der Waals surface area (Å²) in [7, 11) is 0. The number of rotatable bonds is 1. The molecule has 108 valence electrons. The molecular formula is C12H13F3N4O. The second-order valence-corrected chi connectivity index (χ2v) is 4.74. The summed E-state index contributed by atoms with van der Waals surface area (Å²) in [5.74, 6) is 0.412. The van der Waals surface area contributed by atoms with E-state index in [0.717, 1.165) is 0 Å². The van der Waals surface area contributed by atoms with Gasteiger partial charge >= 0.3 is 6.18 Å². The van der Waals surface area contributed by atoms with Crippen LogP contribution >= 0.6 is 0 Å². The first-order valence-corrected chi connectivity index (χ1v) is 6.12. The lowest BCUT2D eigenvalue weighted by Crippen LogP contribution is -2.45. The van der Waals surface area contributed by atoms with Gasteiger partial charge in [-0.3, -0.25) is 0 Å². The summed E-state index contributed by atoms with van der Waals surface area (Å²) in [4.78, 5) is 9.48. The molecule has 1 aromatic rings. The predicted octanol–water partition coefficient (Wildman–Crippen LogP) is 1.63. The Labute approximate surface area is 113 Å². The highest BCUT2D eigenvalue weighted by atomic mass is 19.4. The van der Waals surface area contributed by atoms with Crippen molar-refractivity contribution in [3.63, 3.8) is 0 Å². The molecule has 20 heavy (non-hydrogen) atoms. The fraction of sp³-hybridized carbons (Fsp3) is 0.583. The molecule has 8 heteroatoms. The van der Waals surface area contributed by atoms with Gasteiger partial charge in [0.2, 0.25) is 0 Å². The Kier molecular flexibility index (Phi) is 3.81. The van der Waals surface area contributed by atoms with E-state index in [0.29, 0.717) is 12.4 Å². The van der Waals surface area contributed by atoms with Crippen molar-refractivity contribution in [2.45, 2.75) is 31.0 Å². The Morgan fingerprint density at radius 1 is 1.25 bits per heavy atom. The van der Waals surface area contributed by atoms with Crippen LogP contribution in [0.3, 0.4) is 0 Å². The average Bonchev–Trinajstić information content (AvgIpc) is 2.61. The smallest absolute Gasteiger partial charge is 0.380 e. The second kappa shape index (κ2) is 5.25. The van der Waals surface area contributed by atoms with Crippen molar-refractivity contribution in [3.05, 3.63) is 18.1 Å². The molecule has 1 aliphatic heterocycles. The zero-order chi connectivity index (χ0) is 14.8. The molecule has 1 aliphatic rings. The number of aromatic nitrogens is 2. The SMILES string of the molecule is N#Cc1cnc(N2CCCC(O)(C(F)(F)F)CC2)cn1. The van der Waals surface area contributed by atoms with Crippen molar-refractivity contribution in [2.75, 3.05) is 18.0 Å². The highest BCUT2D eigenvalue weighted by molar-refractivity contribution is 5.37. The quantitative estimate of drug-likeness (QED) is 0.849. The van der Waals surface area contributed by atoms with E-state index < -0.39 is 18.2 Å². The third-order valence-corrected chi connectivity index (χ3v) is 3.42. The minimum Gasteiger partial charge on any atom is -0.380 e. The Hall–Kier alpha value is -1.88. The van der Waals surface area contributed by atoms with Crippen LogP contribution in [-0.4, -0.2) is 39.9 Å². The molecule has 1 unspecified atom stereocenters. The molecule has 0 saturated carbocycles. The molecule has 2 heterocycles. The molecular weight excluding hydrogens is 273 g/mol. The van der Waals surface area contributed by atoms with Gasteiger partial charge in [-0.2, -0.15) is 18.4 Å². The summed E-state index contributed by atoms with van der Waals surface area (Å²) < 4.78 is 38.4. The molecule has 0 radical (unpaired) electrons. The van der Waals surface area contributed by atoms with Crippen molar-refractivity contribution in [1.29, 1.82) is 5.26 Å². The standard InChI is InChI=1S/C12H13F3N4O/c13-12(14,15)11(20)2-1-4-19(5-3-11)10-8-17-9(6-16)7-18-10/h7-8,20H,1-5H2. The van der Waals surface area contributed by atoms with Gasteiger partial charge in [0.05, 0.1) is 12.4 Å². The number of nitrogens with zero attached hydrogens (tertiary/aromatic N) is 4. The molecule has 1 N–H and O–H groups in total. The monoisotopic (exact) mass is 286 g/mol. The molecule has 1 aromatic heterocycles. The number of alkyl halides is 3. The Balaban J connectivity index is 2.11. The van der Waals surface area contributed by atoms with Crippen LogP contribution in [0.25, 0.3) is 0 Å². The Morgan fingerprint density at radius 2 is 2.00 bits per heavy atom. The molecule has 0 spiro atoms. The van der Waals surface area contributed by atoms with Gasteiger partial charge in [0.25, 0.3) is 0 Å². The van der Waals surface area contributed by atoms with Crippen LogP contribution < -0.4 is 4.90 Å². The maximum Gasteiger partial charge on any atom is 0.417 e. The third kappa shape index (κ3) is 2.82. The fourth-order valence-electron chi connectivity index (χ4n) is 2.17. The van der Waals surface area contributed by atoms with E-state index >= 15 is 0 Å². The molecule has 0 aliphatic carbocycles. The van der Waals surface area contributed by atoms with Gasteiger partial charge in [-0.1, -0.05) is 0 Å². The van der Waals surface area contributed by atoms with Crippen LogP contribution in [0.15, 0.2) is 12.4 Å². The molecule has 0 bridgehead atoms. The lowest BCUT2D eigenvalue weighted by atomic mass is 9.94. The lowest BCUT2D eigenvalue weighted by molar-refractivity contribution is -0.263. The first kappa shape index (κ1) is 14.5. The highest BCUT2D eigenvalue weighted by Crippen LogP contribution is 2.38. The minimum absolute atomic E-state index is 0.0383. The summed E-state index contributed by atoms with van der Waals surface area (Å²) in [5, 5.41) is 18.3. The van der Waals surface area contributed by atoms with Gasteiger partial charge in [-0.25, -0.2) is 9.97 Å².